The summed E-state index contributed by atoms with van der Waals surface area (Å²) in [5, 5.41) is 12.8. The Balaban J connectivity index is 3.21. The summed E-state index contributed by atoms with van der Waals surface area (Å²) in [5.74, 6) is 0.666. The standard InChI is InChI=1S/C21H40ClN3O3/c1-14(21(3,4)5)15(2)25(16-8-10-17(28-7)11-9-16)20(23-6)18(13-26)24-19(27)12-22/h14-18,26H,8-13H2,1-7H3,(H,24,27)/t14?,15-,16?,17?,18+/m0/s1. The number of methoxy groups -OCH3 is 1. The molecule has 164 valence electrons. The van der Waals surface area contributed by atoms with Gasteiger partial charge in [-0.05, 0) is 43.9 Å². The van der Waals surface area contributed by atoms with Crippen LogP contribution in [0.3, 0.4) is 0 Å². The molecule has 7 heteroatoms. The third-order valence-corrected chi connectivity index (χ3v) is 6.59. The minimum absolute atomic E-state index is 0.119. The maximum absolute atomic E-state index is 11.9. The highest BCUT2D eigenvalue weighted by Crippen LogP contribution is 2.35. The van der Waals surface area contributed by atoms with Crippen molar-refractivity contribution in [3.63, 3.8) is 0 Å². The summed E-state index contributed by atoms with van der Waals surface area (Å²) in [7, 11) is 3.50. The maximum atomic E-state index is 11.9. The van der Waals surface area contributed by atoms with Gasteiger partial charge in [0, 0.05) is 26.2 Å². The van der Waals surface area contributed by atoms with Gasteiger partial charge in [-0.25, -0.2) is 0 Å². The second-order valence-electron chi connectivity index (χ2n) is 8.99. The van der Waals surface area contributed by atoms with E-state index in [1.807, 2.05) is 0 Å². The molecule has 0 bridgehead atoms. The van der Waals surface area contributed by atoms with Crippen molar-refractivity contribution in [1.82, 2.24) is 10.2 Å². The van der Waals surface area contributed by atoms with Crippen LogP contribution in [0.15, 0.2) is 4.99 Å². The average molecular weight is 418 g/mol. The first kappa shape index (κ1) is 25.2. The van der Waals surface area contributed by atoms with Crippen molar-refractivity contribution < 1.29 is 14.6 Å². The smallest absolute Gasteiger partial charge is 0.235 e. The molecule has 0 radical (unpaired) electrons. The molecule has 1 aliphatic carbocycles. The second-order valence-corrected chi connectivity index (χ2v) is 9.25. The molecule has 2 N–H and O–H groups in total. The zero-order valence-corrected chi connectivity index (χ0v) is 19.4. The first-order valence-electron chi connectivity index (χ1n) is 10.3. The monoisotopic (exact) mass is 417 g/mol. The summed E-state index contributed by atoms with van der Waals surface area (Å²) < 4.78 is 5.54. The zero-order chi connectivity index (χ0) is 21.5. The molecule has 28 heavy (non-hydrogen) atoms. The number of nitrogens with zero attached hydrogens (tertiary/aromatic N) is 2. The number of alkyl halides is 1. The van der Waals surface area contributed by atoms with E-state index in [-0.39, 0.29) is 29.9 Å². The van der Waals surface area contributed by atoms with Crippen LogP contribution in [-0.2, 0) is 9.53 Å². The first-order chi connectivity index (χ1) is 13.1. The Morgan fingerprint density at radius 3 is 2.25 bits per heavy atom. The SMILES string of the molecule is CN=C([C@@H](CO)NC(=O)CCl)N(C1CCC(OC)CC1)[C@@H](C)C(C)C(C)(C)C. The average Bonchev–Trinajstić information content (AvgIpc) is 2.68. The molecule has 0 aromatic carbocycles. The van der Waals surface area contributed by atoms with Crippen LogP contribution in [0.2, 0.25) is 0 Å². The summed E-state index contributed by atoms with van der Waals surface area (Å²) in [5.41, 5.74) is 0.119. The maximum Gasteiger partial charge on any atom is 0.235 e. The number of amidine groups is 1. The summed E-state index contributed by atoms with van der Waals surface area (Å²) in [4.78, 5) is 18.8. The topological polar surface area (TPSA) is 74.2 Å². The fourth-order valence-corrected chi connectivity index (χ4v) is 4.20. The van der Waals surface area contributed by atoms with Crippen molar-refractivity contribution in [3.8, 4) is 0 Å². The van der Waals surface area contributed by atoms with E-state index < -0.39 is 6.04 Å². The molecule has 0 spiro atoms. The Morgan fingerprint density at radius 2 is 1.86 bits per heavy atom. The molecule has 0 aliphatic heterocycles. The lowest BCUT2D eigenvalue weighted by Gasteiger charge is -2.48. The Kier molecular flexibility index (Phi) is 10.2. The van der Waals surface area contributed by atoms with Gasteiger partial charge in [0.05, 0.1) is 12.7 Å². The van der Waals surface area contributed by atoms with Gasteiger partial charge in [-0.2, -0.15) is 0 Å². The third-order valence-electron chi connectivity index (χ3n) is 6.34. The van der Waals surface area contributed by atoms with Gasteiger partial charge in [0.1, 0.15) is 17.8 Å². The number of halogens is 1. The van der Waals surface area contributed by atoms with Gasteiger partial charge in [0.15, 0.2) is 0 Å². The first-order valence-corrected chi connectivity index (χ1v) is 10.9. The van der Waals surface area contributed by atoms with E-state index in [2.05, 4.69) is 49.8 Å². The minimum atomic E-state index is -0.564. The van der Waals surface area contributed by atoms with Gasteiger partial charge in [-0.15, -0.1) is 11.6 Å². The normalized spacial score (nSPS) is 24.4. The van der Waals surface area contributed by atoms with Crippen molar-refractivity contribution in [2.24, 2.45) is 16.3 Å². The molecular weight excluding hydrogens is 378 g/mol. The number of aliphatic imine (C=N–C) groups is 1. The van der Waals surface area contributed by atoms with Crippen LogP contribution in [0.5, 0.6) is 0 Å². The van der Waals surface area contributed by atoms with Gasteiger partial charge in [0.2, 0.25) is 5.91 Å². The van der Waals surface area contributed by atoms with Crippen molar-refractivity contribution >= 4 is 23.3 Å². The number of rotatable bonds is 8. The van der Waals surface area contributed by atoms with E-state index in [1.54, 1.807) is 14.2 Å². The molecule has 1 amide bonds. The van der Waals surface area contributed by atoms with Crippen molar-refractivity contribution in [3.05, 3.63) is 0 Å². The predicted octanol–water partition coefficient (Wildman–Crippen LogP) is 3.06. The lowest BCUT2D eigenvalue weighted by molar-refractivity contribution is -0.119. The Bertz CT molecular complexity index is 514. The van der Waals surface area contributed by atoms with Crippen LogP contribution in [-0.4, -0.2) is 72.6 Å². The molecule has 1 rings (SSSR count). The van der Waals surface area contributed by atoms with Gasteiger partial charge in [-0.1, -0.05) is 27.7 Å². The molecule has 0 aromatic rings. The van der Waals surface area contributed by atoms with E-state index in [4.69, 9.17) is 16.3 Å². The van der Waals surface area contributed by atoms with Crippen LogP contribution in [0.1, 0.15) is 60.3 Å². The minimum Gasteiger partial charge on any atom is -0.394 e. The highest BCUT2D eigenvalue weighted by atomic mass is 35.5. The molecule has 1 aliphatic rings. The predicted molar refractivity (Wildman–Crippen MR) is 116 cm³/mol. The fraction of sp³-hybridized carbons (Fsp3) is 0.905. The fourth-order valence-electron chi connectivity index (χ4n) is 4.13. The number of carbonyl (C=O) groups excluding carboxylic acids is 1. The molecule has 1 unspecified atom stereocenters. The number of nitrogens with one attached hydrogen (secondary N) is 1. The number of aliphatic hydroxyl groups excluding tert-OH is 1. The molecule has 1 fully saturated rings. The third kappa shape index (κ3) is 6.60. The number of hydrogen-bond donors (Lipinski definition) is 2. The van der Waals surface area contributed by atoms with Crippen LogP contribution in [0.4, 0.5) is 0 Å². The highest BCUT2D eigenvalue weighted by Gasteiger charge is 2.38. The summed E-state index contributed by atoms with van der Waals surface area (Å²) in [6, 6.07) is -0.0670. The van der Waals surface area contributed by atoms with Crippen LogP contribution in [0.25, 0.3) is 0 Å². The quantitative estimate of drug-likeness (QED) is 0.361. The summed E-state index contributed by atoms with van der Waals surface area (Å²) in [6.45, 7) is 11.0. The van der Waals surface area contributed by atoms with Crippen LogP contribution in [0, 0.1) is 11.3 Å². The molecule has 0 aromatic heterocycles. The van der Waals surface area contributed by atoms with Gasteiger partial charge >= 0.3 is 0 Å². The molecule has 0 saturated heterocycles. The Hall–Kier alpha value is -0.850. The van der Waals surface area contributed by atoms with Gasteiger partial charge in [-0.3, -0.25) is 9.79 Å². The Labute approximate surface area is 176 Å². The number of ether oxygens (including phenoxy) is 1. The zero-order valence-electron chi connectivity index (χ0n) is 18.7. The molecule has 1 saturated carbocycles. The number of carbonyl (C=O) groups is 1. The largest absolute Gasteiger partial charge is 0.394 e. The van der Waals surface area contributed by atoms with Crippen LogP contribution >= 0.6 is 11.6 Å². The second kappa shape index (κ2) is 11.4. The van der Waals surface area contributed by atoms with Crippen molar-refractivity contribution in [2.75, 3.05) is 26.6 Å². The summed E-state index contributed by atoms with van der Waals surface area (Å²) >= 11 is 5.67. The summed E-state index contributed by atoms with van der Waals surface area (Å²) in [6.07, 6.45) is 4.31. The van der Waals surface area contributed by atoms with E-state index in [0.717, 1.165) is 31.5 Å². The van der Waals surface area contributed by atoms with Gasteiger partial charge < -0.3 is 20.1 Å². The lowest BCUT2D eigenvalue weighted by Crippen LogP contribution is -2.59. The van der Waals surface area contributed by atoms with Crippen LogP contribution < -0.4 is 5.32 Å². The van der Waals surface area contributed by atoms with E-state index >= 15 is 0 Å². The van der Waals surface area contributed by atoms with Crippen molar-refractivity contribution in [2.45, 2.75) is 84.5 Å². The number of hydrogen-bond acceptors (Lipinski definition) is 4. The number of aliphatic hydroxyl groups is 1. The molecule has 6 nitrogen and oxygen atoms in total. The van der Waals surface area contributed by atoms with E-state index in [1.165, 1.54) is 0 Å². The molecular formula is C21H40ClN3O3. The van der Waals surface area contributed by atoms with Gasteiger partial charge in [0.25, 0.3) is 0 Å². The number of amides is 1. The molecule has 3 atom stereocenters. The highest BCUT2D eigenvalue weighted by molar-refractivity contribution is 6.27. The van der Waals surface area contributed by atoms with E-state index in [9.17, 15) is 9.90 Å². The molecule has 0 heterocycles. The lowest BCUT2D eigenvalue weighted by atomic mass is 9.76. The Morgan fingerprint density at radius 1 is 1.29 bits per heavy atom. The van der Waals surface area contributed by atoms with E-state index in [0.29, 0.717) is 18.1 Å². The van der Waals surface area contributed by atoms with Crippen molar-refractivity contribution in [1.29, 1.82) is 0 Å².